The van der Waals surface area contributed by atoms with E-state index in [1.807, 2.05) is 0 Å². The van der Waals surface area contributed by atoms with E-state index in [1.165, 1.54) is 39.1 Å². The van der Waals surface area contributed by atoms with Crippen LogP contribution in [-0.4, -0.2) is 26.2 Å². The zero-order valence-electron chi connectivity index (χ0n) is 12.5. The van der Waals surface area contributed by atoms with E-state index in [-0.39, 0.29) is 83.8 Å². The van der Waals surface area contributed by atoms with Crippen LogP contribution in [0.25, 0.3) is 0 Å². The van der Waals surface area contributed by atoms with E-state index < -0.39 is 0 Å². The molecule has 1 aromatic rings. The molecule has 3 nitrogen and oxygen atoms in total. The summed E-state index contributed by atoms with van der Waals surface area (Å²) in [7, 11) is 1.35. The summed E-state index contributed by atoms with van der Waals surface area (Å²) in [4.78, 5) is 12.0. The minimum Gasteiger partial charge on any atom is -0.469 e. The molecule has 5 heteroatoms. The first-order valence-corrected chi connectivity index (χ1v) is 5.90. The van der Waals surface area contributed by atoms with Crippen molar-refractivity contribution >= 4 is 11.7 Å². The molecule has 0 amide bonds. The number of hydrogen-bond acceptors (Lipinski definition) is 3. The van der Waals surface area contributed by atoms with Crippen molar-refractivity contribution in [1.82, 2.24) is 0 Å². The number of hydrogen-bond donors (Lipinski definition) is 0. The summed E-state index contributed by atoms with van der Waals surface area (Å²) in [5, 5.41) is 0. The summed E-state index contributed by atoms with van der Waals surface area (Å²) in [6, 6.07) is 10.6. The molecule has 0 aromatic heterocycles. The van der Waals surface area contributed by atoms with Gasteiger partial charge in [-0.1, -0.05) is 24.6 Å². The van der Waals surface area contributed by atoms with Crippen molar-refractivity contribution in [2.45, 2.75) is 19.8 Å². The Morgan fingerprint density at radius 1 is 1.30 bits per heavy atom. The first-order chi connectivity index (χ1) is 8.24. The molecule has 1 fully saturated rings. The van der Waals surface area contributed by atoms with Gasteiger partial charge in [0.25, 0.3) is 0 Å². The van der Waals surface area contributed by atoms with Crippen molar-refractivity contribution in [1.29, 1.82) is 0 Å². The minimum atomic E-state index is -0.245. The van der Waals surface area contributed by atoms with E-state index in [9.17, 15) is 4.79 Å². The third-order valence-electron chi connectivity index (χ3n) is 2.59. The zero-order valence-corrected chi connectivity index (χ0v) is 16.0. The molecule has 0 spiro atoms. The SMILES string of the molecule is COC(C)=O.[Ar].[CH3-].[Y].c1ccc(N2C[CH-]CCC2)cc1. The normalized spacial score (nSPS) is 12.4. The molecule has 2 rings (SSSR count). The summed E-state index contributed by atoms with van der Waals surface area (Å²) < 4.78 is 4.11. The maximum Gasteiger partial charge on any atom is 0.302 e. The van der Waals surface area contributed by atoms with Crippen LogP contribution in [0.3, 0.4) is 0 Å². The van der Waals surface area contributed by atoms with E-state index in [2.05, 4.69) is 46.4 Å². The first-order valence-electron chi connectivity index (χ1n) is 5.90. The molecule has 113 valence electrons. The van der Waals surface area contributed by atoms with Gasteiger partial charge in [-0.2, -0.15) is 6.42 Å². The Bertz CT molecular complexity index is 330. The predicted molar refractivity (Wildman–Crippen MR) is 76.3 cm³/mol. The van der Waals surface area contributed by atoms with Gasteiger partial charge in [-0.3, -0.25) is 4.79 Å². The largest absolute Gasteiger partial charge is 0.469 e. The summed E-state index contributed by atoms with van der Waals surface area (Å²) in [5.41, 5.74) is 1.36. The number of methoxy groups -OCH3 is 1. The molecule has 0 saturated carbocycles. The molecule has 0 unspecified atom stereocenters. The Kier molecular flexibility index (Phi) is 20.9. The van der Waals surface area contributed by atoms with Gasteiger partial charge in [-0.25, -0.2) is 0 Å². The van der Waals surface area contributed by atoms with Crippen LogP contribution in [0.1, 0.15) is 19.8 Å². The monoisotopic (exact) mass is 378 g/mol. The number of anilines is 1. The van der Waals surface area contributed by atoms with Crippen molar-refractivity contribution in [3.05, 3.63) is 44.2 Å². The smallest absolute Gasteiger partial charge is 0.302 e. The molecular formula is C15H23ArNO2Y-2. The van der Waals surface area contributed by atoms with Crippen LogP contribution in [0.15, 0.2) is 30.3 Å². The average molecular weight is 378 g/mol. The van der Waals surface area contributed by atoms with E-state index in [0.717, 1.165) is 6.54 Å². The standard InChI is InChI=1S/C11H14N.C3H6O2.CH3.Ar.Y/c1-3-7-11(8-4-1)12-9-5-2-6-10-12;1-3(4)5-2;;;/h1,3-5,7-8H,2,6,9-10H2;1-2H3;1H3;;/q-1;;-1;;. The molecule has 1 radical (unpaired) electrons. The molecule has 1 aliphatic heterocycles. The number of rotatable bonds is 1. The van der Waals surface area contributed by atoms with Crippen LogP contribution in [0.2, 0.25) is 0 Å². The Hall–Kier alpha value is 0.854. The van der Waals surface area contributed by atoms with Gasteiger partial charge in [-0.15, -0.1) is 6.54 Å². The van der Waals surface area contributed by atoms with Crippen molar-refractivity contribution in [2.24, 2.45) is 0 Å². The van der Waals surface area contributed by atoms with Gasteiger partial charge in [0.05, 0.1) is 7.11 Å². The number of benzene rings is 1. The Labute approximate surface area is 178 Å². The van der Waals surface area contributed by atoms with Gasteiger partial charge in [0, 0.05) is 89.6 Å². The van der Waals surface area contributed by atoms with Gasteiger partial charge >= 0.3 is 5.97 Å². The van der Waals surface area contributed by atoms with Gasteiger partial charge in [0.1, 0.15) is 0 Å². The van der Waals surface area contributed by atoms with E-state index in [4.69, 9.17) is 0 Å². The molecule has 1 aliphatic rings. The quantitative estimate of drug-likeness (QED) is 0.556. The molecule has 0 bridgehead atoms. The second-order valence-corrected chi connectivity index (χ2v) is 3.91. The number of piperidine rings is 1. The topological polar surface area (TPSA) is 29.5 Å². The fourth-order valence-electron chi connectivity index (χ4n) is 1.64. The molecule has 0 N–H and O–H groups in total. The van der Waals surface area contributed by atoms with Crippen LogP contribution < -0.4 is 4.90 Å². The zero-order chi connectivity index (χ0) is 12.5. The molecule has 1 heterocycles. The fourth-order valence-corrected chi connectivity index (χ4v) is 1.64. The van der Waals surface area contributed by atoms with Crippen molar-refractivity contribution in [3.63, 3.8) is 0 Å². The summed E-state index contributed by atoms with van der Waals surface area (Å²) in [5.74, 6) is -0.245. The fraction of sp³-hybridized carbons (Fsp3) is 0.400. The molecule has 1 aromatic carbocycles. The van der Waals surface area contributed by atoms with Gasteiger partial charge in [0.2, 0.25) is 0 Å². The molecule has 1 saturated heterocycles. The van der Waals surface area contributed by atoms with Gasteiger partial charge in [0.15, 0.2) is 0 Å². The van der Waals surface area contributed by atoms with Crippen LogP contribution in [0.4, 0.5) is 5.69 Å². The number of para-hydroxylation sites is 1. The second-order valence-electron chi connectivity index (χ2n) is 3.91. The van der Waals surface area contributed by atoms with Crippen LogP contribution >= 0.6 is 0 Å². The molecular weight excluding hydrogens is 355 g/mol. The van der Waals surface area contributed by atoms with Crippen LogP contribution in [0, 0.1) is 51.6 Å². The summed E-state index contributed by atoms with van der Waals surface area (Å²) in [6.45, 7) is 3.69. The number of carbonyl (C=O) groups excluding carboxylic acids is 1. The van der Waals surface area contributed by atoms with E-state index in [1.54, 1.807) is 0 Å². The Morgan fingerprint density at radius 2 is 1.85 bits per heavy atom. The third-order valence-corrected chi connectivity index (χ3v) is 2.59. The van der Waals surface area contributed by atoms with Crippen molar-refractivity contribution < 1.29 is 80.0 Å². The van der Waals surface area contributed by atoms with E-state index >= 15 is 0 Å². The van der Waals surface area contributed by atoms with Gasteiger partial charge in [-0.05, 0) is 12.1 Å². The van der Waals surface area contributed by atoms with E-state index in [0.29, 0.717) is 0 Å². The number of nitrogens with zero attached hydrogens (tertiary/aromatic N) is 1. The summed E-state index contributed by atoms with van der Waals surface area (Å²) >= 11 is 0. The van der Waals surface area contributed by atoms with Crippen molar-refractivity contribution in [3.8, 4) is 0 Å². The van der Waals surface area contributed by atoms with Crippen LogP contribution in [0.5, 0.6) is 0 Å². The molecule has 0 atom stereocenters. The number of esters is 1. The van der Waals surface area contributed by atoms with Gasteiger partial charge < -0.3 is 23.5 Å². The minimum absolute atomic E-state index is 0. The summed E-state index contributed by atoms with van der Waals surface area (Å²) in [6.07, 6.45) is 4.94. The average Bonchev–Trinajstić information content (AvgIpc) is 2.41. The third kappa shape index (κ3) is 11.5. The Balaban J connectivity index is -0.000000322. The number of ether oxygens (including phenoxy) is 1. The van der Waals surface area contributed by atoms with Crippen molar-refractivity contribution in [2.75, 3.05) is 25.1 Å². The first kappa shape index (κ1) is 25.8. The maximum absolute atomic E-state index is 9.59. The predicted octanol–water partition coefficient (Wildman–Crippen LogP) is 3.12. The second kappa shape index (κ2) is 16.2. The number of carbonyl (C=O) groups is 1. The molecule has 0 aliphatic carbocycles. The van der Waals surface area contributed by atoms with Crippen LogP contribution in [-0.2, 0) is 42.2 Å². The Morgan fingerprint density at radius 3 is 2.25 bits per heavy atom. The maximum atomic E-state index is 9.59. The molecule has 20 heavy (non-hydrogen) atoms.